The van der Waals surface area contributed by atoms with E-state index < -0.39 is 0 Å². The molecule has 1 aromatic carbocycles. The number of carbonyl (C=O) groups is 2. The Morgan fingerprint density at radius 3 is 2.76 bits per heavy atom. The van der Waals surface area contributed by atoms with Crippen molar-refractivity contribution in [3.05, 3.63) is 53.7 Å². The SMILES string of the molecule is CCCCN1C(=O)CC[C@@H](C(=O)Nc2cccc(C)n2)[C@H]1c1ccccc1OC. The third-order valence-corrected chi connectivity index (χ3v) is 5.39. The van der Waals surface area contributed by atoms with Crippen LogP contribution in [0.5, 0.6) is 5.75 Å². The van der Waals surface area contributed by atoms with Crippen LogP contribution in [0.3, 0.4) is 0 Å². The van der Waals surface area contributed by atoms with Crippen molar-refractivity contribution in [1.29, 1.82) is 0 Å². The van der Waals surface area contributed by atoms with Gasteiger partial charge in [-0.1, -0.05) is 37.6 Å². The Labute approximate surface area is 172 Å². The molecule has 0 saturated carbocycles. The van der Waals surface area contributed by atoms with Crippen LogP contribution in [-0.2, 0) is 9.59 Å². The summed E-state index contributed by atoms with van der Waals surface area (Å²) in [7, 11) is 1.62. The molecular formula is C23H29N3O3. The van der Waals surface area contributed by atoms with Crippen LogP contribution >= 0.6 is 0 Å². The van der Waals surface area contributed by atoms with Crippen molar-refractivity contribution in [2.24, 2.45) is 5.92 Å². The third kappa shape index (κ3) is 4.75. The number of piperidine rings is 1. The number of hydrogen-bond acceptors (Lipinski definition) is 4. The van der Waals surface area contributed by atoms with Gasteiger partial charge in [0.1, 0.15) is 11.6 Å². The largest absolute Gasteiger partial charge is 0.496 e. The lowest BCUT2D eigenvalue weighted by Gasteiger charge is -2.41. The van der Waals surface area contributed by atoms with Gasteiger partial charge in [0.05, 0.1) is 19.1 Å². The summed E-state index contributed by atoms with van der Waals surface area (Å²) in [5, 5.41) is 2.95. The predicted octanol–water partition coefficient (Wildman–Crippen LogP) is 4.12. The number of aromatic nitrogens is 1. The number of para-hydroxylation sites is 1. The zero-order valence-electron chi connectivity index (χ0n) is 17.4. The fourth-order valence-corrected chi connectivity index (χ4v) is 3.95. The topological polar surface area (TPSA) is 71.5 Å². The molecule has 2 aromatic rings. The molecule has 29 heavy (non-hydrogen) atoms. The van der Waals surface area contributed by atoms with Gasteiger partial charge in [-0.2, -0.15) is 0 Å². The Morgan fingerprint density at radius 2 is 2.03 bits per heavy atom. The summed E-state index contributed by atoms with van der Waals surface area (Å²) in [6, 6.07) is 12.8. The van der Waals surface area contributed by atoms with E-state index in [1.165, 1.54) is 0 Å². The fourth-order valence-electron chi connectivity index (χ4n) is 3.95. The molecule has 0 radical (unpaired) electrons. The average Bonchev–Trinajstić information content (AvgIpc) is 2.72. The molecule has 2 atom stereocenters. The summed E-state index contributed by atoms with van der Waals surface area (Å²) in [6.45, 7) is 4.61. The number of pyridine rings is 1. The minimum absolute atomic E-state index is 0.0899. The molecule has 6 heteroatoms. The molecule has 1 aliphatic heterocycles. The number of unbranched alkanes of at least 4 members (excludes halogenated alkanes) is 1. The van der Waals surface area contributed by atoms with Crippen LogP contribution in [0.15, 0.2) is 42.5 Å². The van der Waals surface area contributed by atoms with Crippen molar-refractivity contribution in [3.8, 4) is 5.75 Å². The van der Waals surface area contributed by atoms with Gasteiger partial charge < -0.3 is 15.0 Å². The molecule has 6 nitrogen and oxygen atoms in total. The maximum absolute atomic E-state index is 13.3. The first-order chi connectivity index (χ1) is 14.0. The molecule has 3 rings (SSSR count). The number of benzene rings is 1. The zero-order chi connectivity index (χ0) is 20.8. The van der Waals surface area contributed by atoms with Crippen molar-refractivity contribution < 1.29 is 14.3 Å². The summed E-state index contributed by atoms with van der Waals surface area (Å²) in [4.78, 5) is 32.3. The monoisotopic (exact) mass is 395 g/mol. The van der Waals surface area contributed by atoms with Crippen LogP contribution in [0.1, 0.15) is 49.9 Å². The summed E-state index contributed by atoms with van der Waals surface area (Å²) in [6.07, 6.45) is 2.74. The number of hydrogen-bond donors (Lipinski definition) is 1. The summed E-state index contributed by atoms with van der Waals surface area (Å²) >= 11 is 0. The first-order valence-electron chi connectivity index (χ1n) is 10.2. The number of nitrogens with one attached hydrogen (secondary N) is 1. The average molecular weight is 396 g/mol. The minimum Gasteiger partial charge on any atom is -0.496 e. The van der Waals surface area contributed by atoms with Crippen molar-refractivity contribution in [2.45, 2.75) is 45.6 Å². The Hall–Kier alpha value is -2.89. The molecule has 0 aliphatic carbocycles. The molecule has 1 aliphatic rings. The van der Waals surface area contributed by atoms with E-state index in [2.05, 4.69) is 17.2 Å². The second kappa shape index (κ2) is 9.54. The molecule has 0 spiro atoms. The van der Waals surface area contributed by atoms with Gasteiger partial charge in [-0.15, -0.1) is 0 Å². The highest BCUT2D eigenvalue weighted by molar-refractivity contribution is 5.94. The number of amides is 2. The first-order valence-corrected chi connectivity index (χ1v) is 10.2. The Morgan fingerprint density at radius 1 is 1.24 bits per heavy atom. The van der Waals surface area contributed by atoms with Crippen molar-refractivity contribution in [2.75, 3.05) is 19.0 Å². The molecular weight excluding hydrogens is 366 g/mol. The van der Waals surface area contributed by atoms with E-state index in [1.807, 2.05) is 48.2 Å². The van der Waals surface area contributed by atoms with E-state index in [-0.39, 0.29) is 23.8 Å². The van der Waals surface area contributed by atoms with Crippen molar-refractivity contribution in [3.63, 3.8) is 0 Å². The summed E-state index contributed by atoms with van der Waals surface area (Å²) < 4.78 is 5.57. The third-order valence-electron chi connectivity index (χ3n) is 5.39. The van der Waals surface area contributed by atoms with Gasteiger partial charge in [-0.3, -0.25) is 9.59 Å². The van der Waals surface area contributed by atoms with E-state index >= 15 is 0 Å². The highest BCUT2D eigenvalue weighted by atomic mass is 16.5. The molecule has 1 aromatic heterocycles. The summed E-state index contributed by atoms with van der Waals surface area (Å²) in [5.41, 5.74) is 1.71. The molecule has 0 bridgehead atoms. The van der Waals surface area contributed by atoms with E-state index in [4.69, 9.17) is 4.74 Å². The lowest BCUT2D eigenvalue weighted by atomic mass is 9.83. The predicted molar refractivity (Wildman–Crippen MR) is 113 cm³/mol. The lowest BCUT2D eigenvalue weighted by Crippen LogP contribution is -2.47. The zero-order valence-corrected chi connectivity index (χ0v) is 17.4. The Kier molecular flexibility index (Phi) is 6.86. The Bertz CT molecular complexity index is 868. The highest BCUT2D eigenvalue weighted by Crippen LogP contribution is 2.41. The molecule has 154 valence electrons. The van der Waals surface area contributed by atoms with Crippen LogP contribution in [0, 0.1) is 12.8 Å². The quantitative estimate of drug-likeness (QED) is 0.766. The van der Waals surface area contributed by atoms with Gasteiger partial charge in [-0.05, 0) is 38.0 Å². The fraction of sp³-hybridized carbons (Fsp3) is 0.435. The van der Waals surface area contributed by atoms with Gasteiger partial charge in [0.2, 0.25) is 11.8 Å². The van der Waals surface area contributed by atoms with Gasteiger partial charge in [0, 0.05) is 24.2 Å². The van der Waals surface area contributed by atoms with E-state index in [9.17, 15) is 9.59 Å². The number of anilines is 1. The molecule has 1 saturated heterocycles. The molecule has 1 N–H and O–H groups in total. The van der Waals surface area contributed by atoms with Gasteiger partial charge >= 0.3 is 0 Å². The lowest BCUT2D eigenvalue weighted by molar-refractivity contribution is -0.142. The molecule has 2 heterocycles. The highest BCUT2D eigenvalue weighted by Gasteiger charge is 2.41. The number of nitrogens with zero attached hydrogens (tertiary/aromatic N) is 2. The Balaban J connectivity index is 1.96. The maximum Gasteiger partial charge on any atom is 0.231 e. The van der Waals surface area contributed by atoms with Crippen molar-refractivity contribution in [1.82, 2.24) is 9.88 Å². The minimum atomic E-state index is -0.372. The van der Waals surface area contributed by atoms with E-state index in [0.29, 0.717) is 31.0 Å². The molecule has 0 unspecified atom stereocenters. The van der Waals surface area contributed by atoms with Crippen LogP contribution in [0.25, 0.3) is 0 Å². The normalized spacial score (nSPS) is 19.1. The van der Waals surface area contributed by atoms with E-state index in [1.54, 1.807) is 13.2 Å². The van der Waals surface area contributed by atoms with E-state index in [0.717, 1.165) is 24.1 Å². The van der Waals surface area contributed by atoms with Crippen molar-refractivity contribution >= 4 is 17.6 Å². The second-order valence-electron chi connectivity index (χ2n) is 7.43. The van der Waals surface area contributed by atoms with Crippen LogP contribution < -0.4 is 10.1 Å². The standard InChI is InChI=1S/C23H29N3O3/c1-4-5-15-26-21(27)14-13-18(22(26)17-10-6-7-11-19(17)29-3)23(28)25-20-12-8-9-16(2)24-20/h6-12,18,22H,4-5,13-15H2,1-3H3,(H,24,25,28)/t18-,22-/m1/s1. The van der Waals surface area contributed by atoms with Crippen LogP contribution in [0.2, 0.25) is 0 Å². The number of carbonyl (C=O) groups excluding carboxylic acids is 2. The maximum atomic E-state index is 13.3. The summed E-state index contributed by atoms with van der Waals surface area (Å²) in [5.74, 6) is 0.828. The number of rotatable bonds is 7. The molecule has 2 amide bonds. The van der Waals surface area contributed by atoms with Gasteiger partial charge in [0.25, 0.3) is 0 Å². The smallest absolute Gasteiger partial charge is 0.231 e. The second-order valence-corrected chi connectivity index (χ2v) is 7.43. The van der Waals surface area contributed by atoms with Crippen LogP contribution in [-0.4, -0.2) is 35.4 Å². The van der Waals surface area contributed by atoms with Gasteiger partial charge in [-0.25, -0.2) is 4.98 Å². The number of ether oxygens (including phenoxy) is 1. The van der Waals surface area contributed by atoms with Crippen LogP contribution in [0.4, 0.5) is 5.82 Å². The number of aryl methyl sites for hydroxylation is 1. The first kappa shape index (κ1) is 20.8. The number of likely N-dealkylation sites (tertiary alicyclic amines) is 1. The van der Waals surface area contributed by atoms with Gasteiger partial charge in [0.15, 0.2) is 0 Å². The molecule has 1 fully saturated rings. The number of methoxy groups -OCH3 is 1.